The minimum atomic E-state index is -0.578. The Hall–Kier alpha value is -7.74. The van der Waals surface area contributed by atoms with Crippen molar-refractivity contribution in [2.75, 3.05) is 0 Å². The first-order valence-electron chi connectivity index (χ1n) is 19.1. The van der Waals surface area contributed by atoms with E-state index >= 15 is 0 Å². The van der Waals surface area contributed by atoms with E-state index in [1.807, 2.05) is 42.5 Å². The topological polar surface area (TPSA) is 43.0 Å². The minimum Gasteiger partial charge on any atom is -0.238 e. The molecular formula is C53H34N4. The largest absolute Gasteiger partial charge is 0.238 e. The van der Waals surface area contributed by atoms with E-state index in [0.29, 0.717) is 23.2 Å². The van der Waals surface area contributed by atoms with Crippen molar-refractivity contribution < 1.29 is 0 Å². The van der Waals surface area contributed by atoms with Gasteiger partial charge in [0.05, 0.1) is 12.0 Å². The Kier molecular flexibility index (Phi) is 8.39. The zero-order valence-electron chi connectivity index (χ0n) is 30.9. The number of hydrogen-bond donors (Lipinski definition) is 0. The lowest BCUT2D eigenvalue weighted by molar-refractivity contribution is 0.769. The maximum Gasteiger partial charge on any atom is 0.187 e. The highest BCUT2D eigenvalue weighted by molar-refractivity contribution is 5.97. The first-order chi connectivity index (χ1) is 28.2. The van der Waals surface area contributed by atoms with Crippen LogP contribution in [0.15, 0.2) is 206 Å². The number of benzene rings is 8. The number of nitrogens with zero attached hydrogens (tertiary/aromatic N) is 4. The van der Waals surface area contributed by atoms with Crippen LogP contribution >= 0.6 is 0 Å². The molecule has 0 amide bonds. The van der Waals surface area contributed by atoms with Gasteiger partial charge in [-0.3, -0.25) is 0 Å². The highest BCUT2D eigenvalue weighted by atomic mass is 15.0. The summed E-state index contributed by atoms with van der Waals surface area (Å²) in [5, 5.41) is 0. The lowest BCUT2D eigenvalue weighted by atomic mass is 9.67. The smallest absolute Gasteiger partial charge is 0.187 e. The number of aromatic nitrogens is 3. The van der Waals surface area contributed by atoms with E-state index in [-0.39, 0.29) is 0 Å². The first kappa shape index (κ1) is 33.8. The second-order valence-corrected chi connectivity index (χ2v) is 14.2. The standard InChI is InChI=1S/C53H34N4/c1-54-44-32-33-47-46(35-44)49-45(26-15-27-48(49)53(47,42-22-10-4-11-23-42)43-24-12-5-13-25-43)40-20-14-21-41(34-40)52-56-50(38-18-8-3-9-19-38)55-51(57-52)39-30-28-37(29-31-39)36-16-6-2-7-17-36/h2-35H. The van der Waals surface area contributed by atoms with Gasteiger partial charge in [0.1, 0.15) is 0 Å². The third kappa shape index (κ3) is 5.82. The molecule has 0 N–H and O–H groups in total. The summed E-state index contributed by atoms with van der Waals surface area (Å²) in [5.41, 5.74) is 14.1. The summed E-state index contributed by atoms with van der Waals surface area (Å²) in [4.78, 5) is 19.1. The Morgan fingerprint density at radius 1 is 0.351 bits per heavy atom. The Balaban J connectivity index is 1.15. The summed E-state index contributed by atoms with van der Waals surface area (Å²) in [6.07, 6.45) is 0. The summed E-state index contributed by atoms with van der Waals surface area (Å²) < 4.78 is 0. The molecule has 57 heavy (non-hydrogen) atoms. The molecule has 0 spiro atoms. The van der Waals surface area contributed by atoms with Gasteiger partial charge in [-0.25, -0.2) is 19.8 Å². The van der Waals surface area contributed by atoms with Crippen molar-refractivity contribution in [3.05, 3.63) is 240 Å². The number of rotatable bonds is 7. The Bertz CT molecular complexity index is 2900. The van der Waals surface area contributed by atoms with E-state index in [4.69, 9.17) is 21.5 Å². The Labute approximate surface area is 332 Å². The van der Waals surface area contributed by atoms with Gasteiger partial charge in [-0.05, 0) is 67.8 Å². The van der Waals surface area contributed by atoms with Crippen LogP contribution in [-0.2, 0) is 5.41 Å². The molecule has 1 aliphatic carbocycles. The van der Waals surface area contributed by atoms with E-state index in [2.05, 4.69) is 169 Å². The Morgan fingerprint density at radius 3 is 1.44 bits per heavy atom. The zero-order valence-corrected chi connectivity index (χ0v) is 30.9. The molecule has 0 bridgehead atoms. The first-order valence-corrected chi connectivity index (χ1v) is 19.1. The van der Waals surface area contributed by atoms with E-state index < -0.39 is 5.41 Å². The second kappa shape index (κ2) is 14.2. The summed E-state index contributed by atoms with van der Waals surface area (Å²) >= 11 is 0. The third-order valence-corrected chi connectivity index (χ3v) is 11.0. The molecule has 8 aromatic carbocycles. The van der Waals surface area contributed by atoms with Gasteiger partial charge >= 0.3 is 0 Å². The van der Waals surface area contributed by atoms with Crippen LogP contribution in [0, 0.1) is 6.57 Å². The van der Waals surface area contributed by atoms with Crippen LogP contribution < -0.4 is 0 Å². The van der Waals surface area contributed by atoms with Crippen LogP contribution in [0.5, 0.6) is 0 Å². The van der Waals surface area contributed by atoms with Gasteiger partial charge in [0.25, 0.3) is 0 Å². The minimum absolute atomic E-state index is 0.578. The summed E-state index contributed by atoms with van der Waals surface area (Å²) in [6, 6.07) is 71.6. The van der Waals surface area contributed by atoms with Gasteiger partial charge < -0.3 is 0 Å². The summed E-state index contributed by atoms with van der Waals surface area (Å²) in [7, 11) is 0. The van der Waals surface area contributed by atoms with Crippen LogP contribution in [0.25, 0.3) is 72.4 Å². The molecule has 4 nitrogen and oxygen atoms in total. The molecule has 10 rings (SSSR count). The van der Waals surface area contributed by atoms with E-state index in [9.17, 15) is 0 Å². The quantitative estimate of drug-likeness (QED) is 0.154. The zero-order chi connectivity index (χ0) is 38.2. The van der Waals surface area contributed by atoms with Gasteiger partial charge in [0.15, 0.2) is 23.2 Å². The van der Waals surface area contributed by atoms with Crippen LogP contribution in [0.3, 0.4) is 0 Å². The van der Waals surface area contributed by atoms with Gasteiger partial charge in [0.2, 0.25) is 0 Å². The molecular weight excluding hydrogens is 693 g/mol. The predicted molar refractivity (Wildman–Crippen MR) is 231 cm³/mol. The molecule has 1 aliphatic rings. The van der Waals surface area contributed by atoms with Crippen LogP contribution in [-0.4, -0.2) is 15.0 Å². The average molecular weight is 727 g/mol. The average Bonchev–Trinajstić information content (AvgIpc) is 3.60. The molecule has 0 radical (unpaired) electrons. The monoisotopic (exact) mass is 726 g/mol. The molecule has 0 atom stereocenters. The van der Waals surface area contributed by atoms with Crippen LogP contribution in [0.1, 0.15) is 22.3 Å². The normalized spacial score (nSPS) is 12.3. The van der Waals surface area contributed by atoms with Crippen LogP contribution in [0.4, 0.5) is 5.69 Å². The number of fused-ring (bicyclic) bond motifs is 3. The maximum atomic E-state index is 7.97. The van der Waals surface area contributed by atoms with Crippen molar-refractivity contribution in [3.8, 4) is 67.5 Å². The predicted octanol–water partition coefficient (Wildman–Crippen LogP) is 13.1. The van der Waals surface area contributed by atoms with E-state index in [0.717, 1.165) is 50.1 Å². The summed E-state index contributed by atoms with van der Waals surface area (Å²) in [6.45, 7) is 7.97. The fourth-order valence-corrected chi connectivity index (χ4v) is 8.46. The Morgan fingerprint density at radius 2 is 0.825 bits per heavy atom. The highest BCUT2D eigenvalue weighted by Crippen LogP contribution is 2.59. The molecule has 0 saturated carbocycles. The number of hydrogen-bond acceptors (Lipinski definition) is 3. The van der Waals surface area contributed by atoms with Crippen molar-refractivity contribution in [2.45, 2.75) is 5.41 Å². The molecule has 0 saturated heterocycles. The third-order valence-electron chi connectivity index (χ3n) is 11.0. The molecule has 0 unspecified atom stereocenters. The van der Waals surface area contributed by atoms with E-state index in [1.165, 1.54) is 22.3 Å². The lowest BCUT2D eigenvalue weighted by Gasteiger charge is -2.34. The highest BCUT2D eigenvalue weighted by Gasteiger charge is 2.46. The lowest BCUT2D eigenvalue weighted by Crippen LogP contribution is -2.28. The molecule has 266 valence electrons. The van der Waals surface area contributed by atoms with Gasteiger partial charge in [-0.15, -0.1) is 0 Å². The van der Waals surface area contributed by atoms with Crippen molar-refractivity contribution in [1.82, 2.24) is 15.0 Å². The fraction of sp³-hybridized carbons (Fsp3) is 0.0189. The molecule has 9 aromatic rings. The second-order valence-electron chi connectivity index (χ2n) is 14.2. The van der Waals surface area contributed by atoms with Gasteiger partial charge in [-0.1, -0.05) is 194 Å². The van der Waals surface area contributed by atoms with Crippen molar-refractivity contribution in [1.29, 1.82) is 0 Å². The van der Waals surface area contributed by atoms with E-state index in [1.54, 1.807) is 0 Å². The van der Waals surface area contributed by atoms with Gasteiger partial charge in [0, 0.05) is 16.7 Å². The molecule has 1 heterocycles. The summed E-state index contributed by atoms with van der Waals surface area (Å²) in [5.74, 6) is 1.82. The van der Waals surface area contributed by atoms with Crippen molar-refractivity contribution in [3.63, 3.8) is 0 Å². The SMILES string of the molecule is [C-]#[N+]c1ccc2c(c1)-c1c(-c3cccc(-c4nc(-c5ccccc5)nc(-c5ccc(-c6ccccc6)cc5)n4)c3)cccc1C2(c1ccccc1)c1ccccc1. The molecule has 0 aliphatic heterocycles. The van der Waals surface area contributed by atoms with Crippen molar-refractivity contribution in [2.24, 2.45) is 0 Å². The van der Waals surface area contributed by atoms with Gasteiger partial charge in [-0.2, -0.15) is 0 Å². The molecule has 4 heteroatoms. The van der Waals surface area contributed by atoms with Crippen LogP contribution in [0.2, 0.25) is 0 Å². The molecule has 0 fully saturated rings. The fourth-order valence-electron chi connectivity index (χ4n) is 8.46. The maximum absolute atomic E-state index is 7.97. The molecule has 1 aromatic heterocycles. The van der Waals surface area contributed by atoms with Crippen molar-refractivity contribution >= 4 is 5.69 Å².